The van der Waals surface area contributed by atoms with Crippen molar-refractivity contribution in [3.05, 3.63) is 58.6 Å². The number of para-hydroxylation sites is 1. The van der Waals surface area contributed by atoms with Crippen LogP contribution >= 0.6 is 11.6 Å². The van der Waals surface area contributed by atoms with Gasteiger partial charge in [-0.3, -0.25) is 9.59 Å². The maximum Gasteiger partial charge on any atom is 0.340 e. The maximum absolute atomic E-state index is 12.2. The Labute approximate surface area is 162 Å². The van der Waals surface area contributed by atoms with Crippen LogP contribution in [0.15, 0.2) is 42.5 Å². The highest BCUT2D eigenvalue weighted by Gasteiger charge is 2.19. The number of benzene rings is 2. The van der Waals surface area contributed by atoms with Gasteiger partial charge in [0, 0.05) is 10.7 Å². The number of amides is 2. The third-order valence-corrected chi connectivity index (χ3v) is 4.02. The summed E-state index contributed by atoms with van der Waals surface area (Å²) in [6.07, 6.45) is 1.65. The monoisotopic (exact) mass is 388 g/mol. The van der Waals surface area contributed by atoms with Crippen molar-refractivity contribution in [1.82, 2.24) is 0 Å². The largest absolute Gasteiger partial charge is 0.462 e. The van der Waals surface area contributed by atoms with Crippen molar-refractivity contribution >= 4 is 40.8 Å². The van der Waals surface area contributed by atoms with Crippen LogP contribution in [0.25, 0.3) is 0 Å². The lowest BCUT2D eigenvalue weighted by molar-refractivity contribution is -0.133. The highest BCUT2D eigenvalue weighted by atomic mass is 35.5. The van der Waals surface area contributed by atoms with Gasteiger partial charge in [0.05, 0.1) is 17.9 Å². The van der Waals surface area contributed by atoms with Gasteiger partial charge in [0.25, 0.3) is 0 Å². The molecule has 6 nitrogen and oxygen atoms in total. The van der Waals surface area contributed by atoms with Crippen LogP contribution in [-0.4, -0.2) is 24.4 Å². The van der Waals surface area contributed by atoms with E-state index >= 15 is 0 Å². The predicted octanol–water partition coefficient (Wildman–Crippen LogP) is 4.18. The fraction of sp³-hybridized carbons (Fsp3) is 0.250. The van der Waals surface area contributed by atoms with Crippen LogP contribution in [0.1, 0.15) is 35.7 Å². The number of carbonyl (C=O) groups excluding carboxylic acids is 3. The number of esters is 1. The van der Waals surface area contributed by atoms with Crippen molar-refractivity contribution in [3.63, 3.8) is 0 Å². The topological polar surface area (TPSA) is 84.5 Å². The van der Waals surface area contributed by atoms with E-state index in [1.165, 1.54) is 12.1 Å². The SMILES string of the molecule is CCCCOC(=O)c1ccccc1NC(=O)C(=O)Nc1cc(Cl)ccc1C. The molecular weight excluding hydrogens is 368 g/mol. The third-order valence-electron chi connectivity index (χ3n) is 3.78. The van der Waals surface area contributed by atoms with E-state index in [9.17, 15) is 14.4 Å². The first kappa shape index (κ1) is 20.5. The third kappa shape index (κ3) is 5.82. The molecule has 0 radical (unpaired) electrons. The Kier molecular flexibility index (Phi) is 7.37. The molecule has 142 valence electrons. The number of hydrogen-bond donors (Lipinski definition) is 2. The lowest BCUT2D eigenvalue weighted by Gasteiger charge is -2.12. The second-order valence-electron chi connectivity index (χ2n) is 5.90. The number of rotatable bonds is 6. The summed E-state index contributed by atoms with van der Waals surface area (Å²) in [6, 6.07) is 11.3. The average molecular weight is 389 g/mol. The predicted molar refractivity (Wildman–Crippen MR) is 105 cm³/mol. The van der Waals surface area contributed by atoms with Gasteiger partial charge in [-0.2, -0.15) is 0 Å². The van der Waals surface area contributed by atoms with Crippen LogP contribution in [0.2, 0.25) is 5.02 Å². The summed E-state index contributed by atoms with van der Waals surface area (Å²) in [5.41, 5.74) is 1.60. The Hall–Kier alpha value is -2.86. The molecule has 2 rings (SSSR count). The van der Waals surface area contributed by atoms with Gasteiger partial charge in [-0.15, -0.1) is 0 Å². The van der Waals surface area contributed by atoms with Crippen LogP contribution in [0.4, 0.5) is 11.4 Å². The van der Waals surface area contributed by atoms with E-state index in [0.717, 1.165) is 18.4 Å². The van der Waals surface area contributed by atoms with E-state index in [1.54, 1.807) is 37.3 Å². The fourth-order valence-corrected chi connectivity index (χ4v) is 2.42. The van der Waals surface area contributed by atoms with Gasteiger partial charge < -0.3 is 15.4 Å². The molecule has 0 unspecified atom stereocenters. The highest BCUT2D eigenvalue weighted by molar-refractivity contribution is 6.44. The number of anilines is 2. The molecule has 0 atom stereocenters. The lowest BCUT2D eigenvalue weighted by atomic mass is 10.1. The molecule has 2 amide bonds. The van der Waals surface area contributed by atoms with E-state index in [4.69, 9.17) is 16.3 Å². The summed E-state index contributed by atoms with van der Waals surface area (Å²) in [6.45, 7) is 4.07. The molecule has 0 heterocycles. The smallest absolute Gasteiger partial charge is 0.340 e. The van der Waals surface area contributed by atoms with Crippen LogP contribution in [0, 0.1) is 6.92 Å². The molecule has 0 aromatic heterocycles. The Morgan fingerprint density at radius 2 is 1.67 bits per heavy atom. The highest BCUT2D eigenvalue weighted by Crippen LogP contribution is 2.21. The maximum atomic E-state index is 12.2. The molecular formula is C20H21ClN2O4. The number of halogens is 1. The minimum Gasteiger partial charge on any atom is -0.462 e. The summed E-state index contributed by atoms with van der Waals surface area (Å²) in [4.78, 5) is 36.6. The zero-order valence-electron chi connectivity index (χ0n) is 15.2. The second-order valence-corrected chi connectivity index (χ2v) is 6.34. The quantitative estimate of drug-likeness (QED) is 0.441. The Bertz CT molecular complexity index is 852. The van der Waals surface area contributed by atoms with Crippen LogP contribution in [0.3, 0.4) is 0 Å². The molecule has 0 spiro atoms. The summed E-state index contributed by atoms with van der Waals surface area (Å²) in [5, 5.41) is 5.40. The van der Waals surface area contributed by atoms with E-state index in [1.807, 2.05) is 6.92 Å². The van der Waals surface area contributed by atoms with E-state index < -0.39 is 17.8 Å². The number of carbonyl (C=O) groups is 3. The fourth-order valence-electron chi connectivity index (χ4n) is 2.24. The van der Waals surface area contributed by atoms with Gasteiger partial charge in [-0.25, -0.2) is 4.79 Å². The zero-order valence-corrected chi connectivity index (χ0v) is 15.9. The number of aryl methyl sites for hydroxylation is 1. The summed E-state index contributed by atoms with van der Waals surface area (Å²) < 4.78 is 5.17. The molecule has 0 bridgehead atoms. The molecule has 0 aliphatic heterocycles. The summed E-state index contributed by atoms with van der Waals surface area (Å²) in [5.74, 6) is -2.32. The summed E-state index contributed by atoms with van der Waals surface area (Å²) >= 11 is 5.91. The van der Waals surface area contributed by atoms with Gasteiger partial charge in [0.1, 0.15) is 0 Å². The Morgan fingerprint density at radius 3 is 2.37 bits per heavy atom. The van der Waals surface area contributed by atoms with Crippen molar-refractivity contribution in [2.75, 3.05) is 17.2 Å². The molecule has 0 aliphatic carbocycles. The molecule has 2 aromatic rings. The number of nitrogens with one attached hydrogen (secondary N) is 2. The molecule has 0 saturated carbocycles. The standard InChI is InChI=1S/C20H21ClN2O4/c1-3-4-11-27-20(26)15-7-5-6-8-16(15)22-18(24)19(25)23-17-12-14(21)10-9-13(17)2/h5-10,12H,3-4,11H2,1-2H3,(H,22,24)(H,23,25). The van der Waals surface area contributed by atoms with E-state index in [2.05, 4.69) is 10.6 Å². The van der Waals surface area contributed by atoms with Gasteiger partial charge in [-0.05, 0) is 43.2 Å². The van der Waals surface area contributed by atoms with Crippen molar-refractivity contribution in [3.8, 4) is 0 Å². The number of ether oxygens (including phenoxy) is 1. The van der Waals surface area contributed by atoms with Crippen molar-refractivity contribution < 1.29 is 19.1 Å². The molecule has 0 aliphatic rings. The zero-order chi connectivity index (χ0) is 19.8. The van der Waals surface area contributed by atoms with Crippen LogP contribution in [0.5, 0.6) is 0 Å². The van der Waals surface area contributed by atoms with E-state index in [0.29, 0.717) is 17.3 Å². The summed E-state index contributed by atoms with van der Waals surface area (Å²) in [7, 11) is 0. The Morgan fingerprint density at radius 1 is 1.00 bits per heavy atom. The van der Waals surface area contributed by atoms with E-state index in [-0.39, 0.29) is 11.3 Å². The number of hydrogen-bond acceptors (Lipinski definition) is 4. The van der Waals surface area contributed by atoms with Crippen molar-refractivity contribution in [2.45, 2.75) is 26.7 Å². The Balaban J connectivity index is 2.08. The van der Waals surface area contributed by atoms with Gasteiger partial charge in [0.2, 0.25) is 0 Å². The van der Waals surface area contributed by atoms with Crippen molar-refractivity contribution in [1.29, 1.82) is 0 Å². The first-order valence-corrected chi connectivity index (χ1v) is 8.94. The average Bonchev–Trinajstić information content (AvgIpc) is 2.65. The van der Waals surface area contributed by atoms with Crippen LogP contribution in [-0.2, 0) is 14.3 Å². The minimum atomic E-state index is -0.900. The molecule has 0 saturated heterocycles. The second kappa shape index (κ2) is 9.73. The molecule has 2 N–H and O–H groups in total. The molecule has 27 heavy (non-hydrogen) atoms. The van der Waals surface area contributed by atoms with Gasteiger partial charge >= 0.3 is 17.8 Å². The first-order chi connectivity index (χ1) is 12.9. The normalized spacial score (nSPS) is 10.2. The first-order valence-electron chi connectivity index (χ1n) is 8.57. The lowest BCUT2D eigenvalue weighted by Crippen LogP contribution is -2.30. The van der Waals surface area contributed by atoms with Crippen LogP contribution < -0.4 is 10.6 Å². The molecule has 7 heteroatoms. The molecule has 0 fully saturated rings. The molecule has 2 aromatic carbocycles. The van der Waals surface area contributed by atoms with Crippen molar-refractivity contribution in [2.24, 2.45) is 0 Å². The minimum absolute atomic E-state index is 0.189. The van der Waals surface area contributed by atoms with Gasteiger partial charge in [0.15, 0.2) is 0 Å². The van der Waals surface area contributed by atoms with Gasteiger partial charge in [-0.1, -0.05) is 43.1 Å². The number of unbranched alkanes of at least 4 members (excludes halogenated alkanes) is 1.